The Balaban J connectivity index is 1.07. The van der Waals surface area contributed by atoms with Crippen molar-refractivity contribution in [2.75, 3.05) is 16.3 Å². The van der Waals surface area contributed by atoms with Crippen LogP contribution in [0.1, 0.15) is 18.4 Å². The van der Waals surface area contributed by atoms with Crippen LogP contribution in [0.3, 0.4) is 0 Å². The van der Waals surface area contributed by atoms with E-state index in [-0.39, 0.29) is 59.4 Å². The summed E-state index contributed by atoms with van der Waals surface area (Å²) in [6.45, 7) is 1.92. The van der Waals surface area contributed by atoms with E-state index in [9.17, 15) is 19.2 Å². The van der Waals surface area contributed by atoms with Gasteiger partial charge in [0.25, 0.3) is 0 Å². The Morgan fingerprint density at radius 1 is 0.947 bits per heavy atom. The van der Waals surface area contributed by atoms with Crippen LogP contribution < -0.4 is 14.5 Å². The fourth-order valence-electron chi connectivity index (χ4n) is 7.14. The molecule has 8 rings (SSSR count). The van der Waals surface area contributed by atoms with Gasteiger partial charge in [-0.1, -0.05) is 41.4 Å². The molecule has 38 heavy (non-hydrogen) atoms. The summed E-state index contributed by atoms with van der Waals surface area (Å²) in [6.07, 6.45) is 5.42. The fourth-order valence-corrected chi connectivity index (χ4v) is 7.53. The number of carbonyl (C=O) groups excluding carboxylic acids is 4. The quantitative estimate of drug-likeness (QED) is 0.236. The first-order valence-corrected chi connectivity index (χ1v) is 13.6. The topological polar surface area (TPSA) is 84.0 Å². The number of rotatable bonds is 4. The van der Waals surface area contributed by atoms with Crippen LogP contribution in [0.25, 0.3) is 0 Å². The van der Waals surface area contributed by atoms with Crippen LogP contribution in [0.4, 0.5) is 11.4 Å². The van der Waals surface area contributed by atoms with Crippen molar-refractivity contribution >= 4 is 58.3 Å². The zero-order chi connectivity index (χ0) is 26.5. The number of anilines is 2. The molecular weight excluding hydrogens is 527 g/mol. The number of esters is 1. The van der Waals surface area contributed by atoms with Gasteiger partial charge >= 0.3 is 5.97 Å². The van der Waals surface area contributed by atoms with Crippen molar-refractivity contribution < 1.29 is 23.9 Å². The molecule has 2 bridgehead atoms. The number of nitrogens with zero attached hydrogens (tertiary/aromatic N) is 2. The van der Waals surface area contributed by atoms with Gasteiger partial charge in [-0.25, -0.2) is 4.90 Å². The average Bonchev–Trinajstić information content (AvgIpc) is 3.57. The number of allylic oxidation sites excluding steroid dienone is 2. The highest BCUT2D eigenvalue weighted by Gasteiger charge is 2.67. The third-order valence-electron chi connectivity index (χ3n) is 8.97. The summed E-state index contributed by atoms with van der Waals surface area (Å²) in [7, 11) is 0. The van der Waals surface area contributed by atoms with Crippen LogP contribution in [0.5, 0.6) is 5.75 Å². The SMILES string of the molecule is Cc1cc(OC(=O)[C@@H]2CC(=O)N(c3cccc(Cl)c3Cl)C2)ccc1N1C(=O)[C@@H]2[C@H]3C=C[C@@H]([C@@H]4C[C@@H]34)[C@@H]2C1=O. The zero-order valence-electron chi connectivity index (χ0n) is 20.5. The van der Waals surface area contributed by atoms with Gasteiger partial charge in [-0.15, -0.1) is 0 Å². The number of aryl methyl sites for hydroxylation is 1. The minimum Gasteiger partial charge on any atom is -0.426 e. The van der Waals surface area contributed by atoms with Gasteiger partial charge in [0.2, 0.25) is 17.7 Å². The predicted molar refractivity (Wildman–Crippen MR) is 141 cm³/mol. The van der Waals surface area contributed by atoms with Gasteiger partial charge in [0, 0.05) is 13.0 Å². The lowest BCUT2D eigenvalue weighted by Crippen LogP contribution is -2.40. The van der Waals surface area contributed by atoms with Crippen molar-refractivity contribution in [2.24, 2.45) is 41.4 Å². The number of benzene rings is 2. The molecule has 7 atom stereocenters. The van der Waals surface area contributed by atoms with Crippen LogP contribution in [0, 0.1) is 48.3 Å². The second-order valence-corrected chi connectivity index (χ2v) is 11.8. The standard InChI is InChI=1S/C29H24Cl2N2O5/c1-13-9-15(38-29(37)14-10-23(34)32(12-14)22-4-2-3-20(30)26(22)31)5-8-21(13)33-27(35)24-16-6-7-17(19-11-18(16)19)25(24)28(33)36/h2-9,14,16-19,24-25H,10-12H2,1H3/t14-,16+,17+,18+,19+,24-,25+/m1/s1. The molecule has 4 aliphatic carbocycles. The molecule has 2 aromatic carbocycles. The van der Waals surface area contributed by atoms with Crippen molar-refractivity contribution in [3.63, 3.8) is 0 Å². The Labute approximate surface area is 229 Å². The molecule has 2 aromatic rings. The van der Waals surface area contributed by atoms with Crippen LogP contribution in [0.15, 0.2) is 48.6 Å². The first-order valence-electron chi connectivity index (χ1n) is 12.9. The van der Waals surface area contributed by atoms with E-state index >= 15 is 0 Å². The minimum absolute atomic E-state index is 0.00332. The van der Waals surface area contributed by atoms with Crippen LogP contribution in [0.2, 0.25) is 10.0 Å². The summed E-state index contributed by atoms with van der Waals surface area (Å²) in [4.78, 5) is 55.3. The number of hydrogen-bond acceptors (Lipinski definition) is 5. The summed E-state index contributed by atoms with van der Waals surface area (Å²) in [5, 5.41) is 0.586. The average molecular weight is 551 g/mol. The normalized spacial score (nSPS) is 32.6. The van der Waals surface area contributed by atoms with Gasteiger partial charge in [-0.2, -0.15) is 0 Å². The first-order chi connectivity index (χ1) is 18.2. The maximum absolute atomic E-state index is 13.4. The van der Waals surface area contributed by atoms with Crippen molar-refractivity contribution in [3.05, 3.63) is 64.2 Å². The second-order valence-electron chi connectivity index (χ2n) is 11.0. The second kappa shape index (κ2) is 8.42. The van der Waals surface area contributed by atoms with Gasteiger partial charge in [0.1, 0.15) is 5.75 Å². The maximum atomic E-state index is 13.4. The third kappa shape index (κ3) is 3.41. The molecular formula is C29H24Cl2N2O5. The zero-order valence-corrected chi connectivity index (χ0v) is 22.0. The van der Waals surface area contributed by atoms with E-state index in [1.165, 1.54) is 9.80 Å². The molecule has 194 valence electrons. The van der Waals surface area contributed by atoms with Crippen molar-refractivity contribution in [3.8, 4) is 5.75 Å². The van der Waals surface area contributed by atoms with Gasteiger partial charge in [0.15, 0.2) is 0 Å². The van der Waals surface area contributed by atoms with Gasteiger partial charge in [-0.05, 0) is 72.9 Å². The van der Waals surface area contributed by atoms with Crippen molar-refractivity contribution in [2.45, 2.75) is 19.8 Å². The van der Waals surface area contributed by atoms with E-state index in [1.807, 2.05) is 0 Å². The monoisotopic (exact) mass is 550 g/mol. The molecule has 3 amide bonds. The molecule has 2 saturated carbocycles. The largest absolute Gasteiger partial charge is 0.426 e. The number of carbonyl (C=O) groups is 4. The molecule has 6 aliphatic rings. The summed E-state index contributed by atoms with van der Waals surface area (Å²) in [5.74, 6) is -0.535. The molecule has 0 unspecified atom stereocenters. The number of imide groups is 1. The Hall–Kier alpha value is -3.16. The molecule has 7 nitrogen and oxygen atoms in total. The molecule has 4 fully saturated rings. The summed E-state index contributed by atoms with van der Waals surface area (Å²) >= 11 is 12.4. The highest BCUT2D eigenvalue weighted by Crippen LogP contribution is 2.65. The highest BCUT2D eigenvalue weighted by atomic mass is 35.5. The third-order valence-corrected chi connectivity index (χ3v) is 9.78. The summed E-state index contributed by atoms with van der Waals surface area (Å²) < 4.78 is 5.62. The molecule has 0 spiro atoms. The van der Waals surface area contributed by atoms with E-state index in [1.54, 1.807) is 43.3 Å². The van der Waals surface area contributed by atoms with Crippen molar-refractivity contribution in [1.29, 1.82) is 0 Å². The molecule has 2 aliphatic heterocycles. The van der Waals surface area contributed by atoms with Gasteiger partial charge in [-0.3, -0.25) is 19.2 Å². The Morgan fingerprint density at radius 2 is 1.63 bits per heavy atom. The lowest BCUT2D eigenvalue weighted by atomic mass is 9.63. The molecule has 0 aromatic heterocycles. The predicted octanol–water partition coefficient (Wildman–Crippen LogP) is 4.82. The van der Waals surface area contributed by atoms with E-state index < -0.39 is 11.9 Å². The Bertz CT molecular complexity index is 1430. The van der Waals surface area contributed by atoms with E-state index in [2.05, 4.69) is 12.2 Å². The van der Waals surface area contributed by atoms with Gasteiger partial charge < -0.3 is 9.64 Å². The Kier molecular flexibility index (Phi) is 5.30. The molecule has 9 heteroatoms. The molecule has 0 radical (unpaired) electrons. The Morgan fingerprint density at radius 3 is 2.29 bits per heavy atom. The number of ether oxygens (including phenoxy) is 1. The van der Waals surface area contributed by atoms with E-state index in [4.69, 9.17) is 27.9 Å². The van der Waals surface area contributed by atoms with Crippen LogP contribution >= 0.6 is 23.2 Å². The summed E-state index contributed by atoms with van der Waals surface area (Å²) in [6, 6.07) is 9.93. The minimum atomic E-state index is -0.670. The number of halogens is 2. The van der Waals surface area contributed by atoms with E-state index in [0.29, 0.717) is 39.5 Å². The van der Waals surface area contributed by atoms with Crippen LogP contribution in [-0.4, -0.2) is 30.2 Å². The maximum Gasteiger partial charge on any atom is 0.316 e. The first kappa shape index (κ1) is 23.9. The smallest absolute Gasteiger partial charge is 0.316 e. The van der Waals surface area contributed by atoms with Gasteiger partial charge in [0.05, 0.1) is 39.2 Å². The molecule has 2 heterocycles. The number of amides is 3. The molecule has 2 saturated heterocycles. The fraction of sp³-hybridized carbons (Fsp3) is 0.379. The summed E-state index contributed by atoms with van der Waals surface area (Å²) in [5.41, 5.74) is 1.65. The number of hydrogen-bond donors (Lipinski definition) is 0. The highest BCUT2D eigenvalue weighted by molar-refractivity contribution is 6.44. The lowest BCUT2D eigenvalue weighted by molar-refractivity contribution is -0.139. The van der Waals surface area contributed by atoms with Crippen LogP contribution in [-0.2, 0) is 19.2 Å². The lowest BCUT2D eigenvalue weighted by Gasteiger charge is -2.37. The van der Waals surface area contributed by atoms with E-state index in [0.717, 1.165) is 6.42 Å². The van der Waals surface area contributed by atoms with Crippen molar-refractivity contribution in [1.82, 2.24) is 0 Å². The molecule has 0 N–H and O–H groups in total.